The molecule has 1 aromatic heterocycles. The summed E-state index contributed by atoms with van der Waals surface area (Å²) in [7, 11) is 3.05. The number of ether oxygens (including phenoxy) is 2. The summed E-state index contributed by atoms with van der Waals surface area (Å²) >= 11 is 0. The number of hydrogen-bond acceptors (Lipinski definition) is 10. The zero-order chi connectivity index (χ0) is 23.1. The van der Waals surface area contributed by atoms with E-state index in [9.17, 15) is 14.0 Å². The number of imide groups is 1. The summed E-state index contributed by atoms with van der Waals surface area (Å²) in [5.41, 5.74) is 0.774. The normalized spacial score (nSPS) is 19.4. The van der Waals surface area contributed by atoms with Crippen molar-refractivity contribution in [1.29, 1.82) is 0 Å². The molecular formula is C21H17FN6O5. The topological polar surface area (TPSA) is 123 Å². The van der Waals surface area contributed by atoms with Gasteiger partial charge in [-0.05, 0) is 36.4 Å². The first kappa shape index (κ1) is 20.5. The van der Waals surface area contributed by atoms with Crippen molar-refractivity contribution in [3.8, 4) is 22.9 Å². The lowest BCUT2D eigenvalue weighted by atomic mass is 10.1. The molecule has 1 saturated heterocycles. The molecule has 2 aliphatic heterocycles. The Labute approximate surface area is 186 Å². The van der Waals surface area contributed by atoms with Crippen molar-refractivity contribution in [3.63, 3.8) is 0 Å². The molecular weight excluding hydrogens is 435 g/mol. The van der Waals surface area contributed by atoms with E-state index in [1.807, 2.05) is 0 Å². The quantitative estimate of drug-likeness (QED) is 0.523. The van der Waals surface area contributed by atoms with Gasteiger partial charge >= 0.3 is 0 Å². The van der Waals surface area contributed by atoms with Gasteiger partial charge in [0.1, 0.15) is 12.4 Å². The van der Waals surface area contributed by atoms with E-state index in [1.165, 1.54) is 37.4 Å². The molecule has 0 aliphatic carbocycles. The molecule has 2 aromatic carbocycles. The number of amides is 2. The Morgan fingerprint density at radius 1 is 1.06 bits per heavy atom. The molecule has 168 valence electrons. The van der Waals surface area contributed by atoms with Crippen LogP contribution in [0.25, 0.3) is 11.4 Å². The standard InChI is InChI=1S/C21H17FN6O5/c1-31-14-7-6-11(8-15(14)32-2)19-23-16(33-25-19)10-27-18-17(24-26-27)20(29)28(21(18)30)13-5-3-4-12(22)9-13/h3-9,17-18H,10H2,1-2H3/t17-,18+/m0/s1. The largest absolute Gasteiger partial charge is 0.493 e. The van der Waals surface area contributed by atoms with E-state index >= 15 is 0 Å². The van der Waals surface area contributed by atoms with Crippen LogP contribution in [-0.2, 0) is 16.1 Å². The summed E-state index contributed by atoms with van der Waals surface area (Å²) in [5, 5.41) is 13.2. The van der Waals surface area contributed by atoms with Gasteiger partial charge in [0.25, 0.3) is 11.8 Å². The maximum Gasteiger partial charge on any atom is 0.263 e. The third-order valence-corrected chi connectivity index (χ3v) is 5.33. The number of carbonyl (C=O) groups excluding carboxylic acids is 2. The number of carbonyl (C=O) groups is 2. The summed E-state index contributed by atoms with van der Waals surface area (Å²) in [5.74, 6) is -0.153. The first-order chi connectivity index (χ1) is 16.0. The number of anilines is 1. The highest BCUT2D eigenvalue weighted by Crippen LogP contribution is 2.34. The van der Waals surface area contributed by atoms with Gasteiger partial charge in [0.2, 0.25) is 11.7 Å². The van der Waals surface area contributed by atoms with E-state index in [0.29, 0.717) is 22.9 Å². The number of hydrogen-bond donors (Lipinski definition) is 0. The SMILES string of the molecule is COc1ccc(-c2noc(CN3N=N[C@@H]4C(=O)N(c5cccc(F)c5)C(=O)[C@@H]43)n2)cc1OC. The van der Waals surface area contributed by atoms with E-state index in [2.05, 4.69) is 20.5 Å². The lowest BCUT2D eigenvalue weighted by molar-refractivity contribution is -0.123. The third kappa shape index (κ3) is 3.45. The molecule has 2 atom stereocenters. The van der Waals surface area contributed by atoms with Gasteiger partial charge in [0.15, 0.2) is 23.6 Å². The smallest absolute Gasteiger partial charge is 0.263 e. The molecule has 2 amide bonds. The second-order valence-corrected chi connectivity index (χ2v) is 7.27. The highest BCUT2D eigenvalue weighted by molar-refractivity contribution is 6.25. The number of nitrogens with zero attached hydrogens (tertiary/aromatic N) is 6. The molecule has 5 rings (SSSR count). The van der Waals surface area contributed by atoms with Gasteiger partial charge in [0.05, 0.1) is 19.9 Å². The van der Waals surface area contributed by atoms with Crippen LogP contribution in [0.4, 0.5) is 10.1 Å². The minimum Gasteiger partial charge on any atom is -0.493 e. The van der Waals surface area contributed by atoms with Crippen LogP contribution in [0.15, 0.2) is 57.3 Å². The Balaban J connectivity index is 1.35. The highest BCUT2D eigenvalue weighted by atomic mass is 19.1. The zero-order valence-corrected chi connectivity index (χ0v) is 17.5. The van der Waals surface area contributed by atoms with E-state index in [-0.39, 0.29) is 18.1 Å². The van der Waals surface area contributed by atoms with Crippen molar-refractivity contribution in [1.82, 2.24) is 15.1 Å². The predicted octanol–water partition coefficient (Wildman–Crippen LogP) is 2.39. The summed E-state index contributed by atoms with van der Waals surface area (Å²) in [6, 6.07) is 8.42. The van der Waals surface area contributed by atoms with Gasteiger partial charge in [-0.15, -0.1) is 0 Å². The van der Waals surface area contributed by atoms with Crippen LogP contribution in [-0.4, -0.2) is 53.3 Å². The molecule has 0 saturated carbocycles. The molecule has 3 aromatic rings. The average molecular weight is 452 g/mol. The molecule has 33 heavy (non-hydrogen) atoms. The summed E-state index contributed by atoms with van der Waals surface area (Å²) in [6.07, 6.45) is 0. The number of benzene rings is 2. The van der Waals surface area contributed by atoms with Gasteiger partial charge in [-0.3, -0.25) is 14.6 Å². The fourth-order valence-electron chi connectivity index (χ4n) is 3.77. The van der Waals surface area contributed by atoms with E-state index in [1.54, 1.807) is 18.2 Å². The Morgan fingerprint density at radius 2 is 1.88 bits per heavy atom. The Morgan fingerprint density at radius 3 is 2.64 bits per heavy atom. The van der Waals surface area contributed by atoms with Gasteiger partial charge < -0.3 is 14.0 Å². The van der Waals surface area contributed by atoms with Crippen molar-refractivity contribution >= 4 is 17.5 Å². The van der Waals surface area contributed by atoms with Crippen LogP contribution in [0.1, 0.15) is 5.89 Å². The molecule has 0 N–H and O–H groups in total. The average Bonchev–Trinajstić information content (AvgIpc) is 3.51. The van der Waals surface area contributed by atoms with E-state index < -0.39 is 29.7 Å². The fourth-order valence-corrected chi connectivity index (χ4v) is 3.77. The van der Waals surface area contributed by atoms with Gasteiger partial charge in [-0.1, -0.05) is 16.4 Å². The van der Waals surface area contributed by atoms with Crippen molar-refractivity contribution in [2.75, 3.05) is 19.1 Å². The molecule has 0 spiro atoms. The molecule has 1 fully saturated rings. The fraction of sp³-hybridized carbons (Fsp3) is 0.238. The maximum absolute atomic E-state index is 13.6. The number of halogens is 1. The van der Waals surface area contributed by atoms with Crippen molar-refractivity contribution < 1.29 is 28.0 Å². The summed E-state index contributed by atoms with van der Waals surface area (Å²) in [4.78, 5) is 31.0. The van der Waals surface area contributed by atoms with Crippen LogP contribution in [0, 0.1) is 5.82 Å². The predicted molar refractivity (Wildman–Crippen MR) is 110 cm³/mol. The second-order valence-electron chi connectivity index (χ2n) is 7.27. The van der Waals surface area contributed by atoms with Crippen molar-refractivity contribution in [2.45, 2.75) is 18.6 Å². The molecule has 12 heteroatoms. The second kappa shape index (κ2) is 7.97. The molecule has 2 aliphatic rings. The summed E-state index contributed by atoms with van der Waals surface area (Å²) in [6.45, 7) is -0.0407. The van der Waals surface area contributed by atoms with Crippen molar-refractivity contribution in [3.05, 3.63) is 54.2 Å². The van der Waals surface area contributed by atoms with Crippen LogP contribution in [0.3, 0.4) is 0 Å². The Bertz CT molecular complexity index is 1280. The first-order valence-corrected chi connectivity index (χ1v) is 9.86. The lowest BCUT2D eigenvalue weighted by Gasteiger charge is -2.19. The number of fused-ring (bicyclic) bond motifs is 1. The van der Waals surface area contributed by atoms with E-state index in [4.69, 9.17) is 14.0 Å². The number of aromatic nitrogens is 2. The van der Waals surface area contributed by atoms with E-state index in [0.717, 1.165) is 11.0 Å². The first-order valence-electron chi connectivity index (χ1n) is 9.86. The third-order valence-electron chi connectivity index (χ3n) is 5.33. The monoisotopic (exact) mass is 452 g/mol. The number of methoxy groups -OCH3 is 2. The van der Waals surface area contributed by atoms with Crippen LogP contribution in [0.2, 0.25) is 0 Å². The molecule has 0 bridgehead atoms. The Kier molecular flexibility index (Phi) is 4.96. The van der Waals surface area contributed by atoms with Gasteiger partial charge in [-0.2, -0.15) is 10.1 Å². The Hall–Kier alpha value is -4.35. The van der Waals surface area contributed by atoms with Gasteiger partial charge in [-0.25, -0.2) is 9.29 Å². The molecule has 0 radical (unpaired) electrons. The van der Waals surface area contributed by atoms with Crippen LogP contribution < -0.4 is 14.4 Å². The summed E-state index contributed by atoms with van der Waals surface area (Å²) < 4.78 is 29.4. The van der Waals surface area contributed by atoms with Crippen LogP contribution in [0.5, 0.6) is 11.5 Å². The molecule has 0 unspecified atom stereocenters. The van der Waals surface area contributed by atoms with Gasteiger partial charge in [0, 0.05) is 5.56 Å². The molecule has 3 heterocycles. The minimum absolute atomic E-state index is 0.0407. The zero-order valence-electron chi connectivity index (χ0n) is 17.5. The van der Waals surface area contributed by atoms with Crippen molar-refractivity contribution in [2.24, 2.45) is 10.3 Å². The highest BCUT2D eigenvalue weighted by Gasteiger charge is 2.55. The van der Waals surface area contributed by atoms with Crippen LogP contribution >= 0.6 is 0 Å². The molecule has 11 nitrogen and oxygen atoms in total. The maximum atomic E-state index is 13.6. The minimum atomic E-state index is -1.02. The lowest BCUT2D eigenvalue weighted by Crippen LogP contribution is -2.39. The number of rotatable bonds is 6.